The van der Waals surface area contributed by atoms with E-state index in [2.05, 4.69) is 28.2 Å². The smallest absolute Gasteiger partial charge is 0.143 e. The van der Waals surface area contributed by atoms with E-state index in [0.29, 0.717) is 10.0 Å². The fourth-order valence-electron chi connectivity index (χ4n) is 2.14. The largest absolute Gasteiger partial charge is 0.495 e. The summed E-state index contributed by atoms with van der Waals surface area (Å²) in [4.78, 5) is 0. The van der Waals surface area contributed by atoms with Gasteiger partial charge in [-0.05, 0) is 49.2 Å². The molecule has 0 aromatic heterocycles. The molecule has 1 atom stereocenters. The van der Waals surface area contributed by atoms with E-state index >= 15 is 0 Å². The Morgan fingerprint density at radius 2 is 1.86 bits per heavy atom. The number of benzene rings is 2. The van der Waals surface area contributed by atoms with Crippen LogP contribution in [0.3, 0.4) is 0 Å². The number of nitrogens with one attached hydrogen (secondary N) is 1. The molecule has 0 saturated carbocycles. The zero-order chi connectivity index (χ0) is 15.6. The maximum Gasteiger partial charge on any atom is 0.143 e. The van der Waals surface area contributed by atoms with E-state index in [1.54, 1.807) is 7.11 Å². The van der Waals surface area contributed by atoms with Crippen LogP contribution in [0.15, 0.2) is 34.8 Å². The molecule has 0 spiro atoms. The Kier molecular flexibility index (Phi) is 5.42. The van der Waals surface area contributed by atoms with Crippen molar-refractivity contribution in [1.29, 1.82) is 0 Å². The molecular formula is C16H16BrCl2NO. The average Bonchev–Trinajstić information content (AvgIpc) is 2.44. The third-order valence-corrected chi connectivity index (χ3v) is 4.49. The van der Waals surface area contributed by atoms with Gasteiger partial charge in [-0.15, -0.1) is 0 Å². The van der Waals surface area contributed by atoms with Gasteiger partial charge in [0.2, 0.25) is 0 Å². The van der Waals surface area contributed by atoms with Crippen molar-refractivity contribution in [3.63, 3.8) is 0 Å². The number of methoxy groups -OCH3 is 1. The summed E-state index contributed by atoms with van der Waals surface area (Å²) >= 11 is 15.5. The second-order valence-electron chi connectivity index (χ2n) is 4.84. The standard InChI is InChI=1S/C16H16BrCl2NO/c1-9-6-12(17)8-15(21-3)16(9)20-10(2)11-4-5-13(18)14(19)7-11/h4-8,10,20H,1-3H3. The van der Waals surface area contributed by atoms with Crippen molar-refractivity contribution in [2.24, 2.45) is 0 Å². The van der Waals surface area contributed by atoms with Gasteiger partial charge in [0.1, 0.15) is 5.75 Å². The Morgan fingerprint density at radius 3 is 2.48 bits per heavy atom. The van der Waals surface area contributed by atoms with Crippen molar-refractivity contribution in [2.75, 3.05) is 12.4 Å². The number of hydrogen-bond donors (Lipinski definition) is 1. The van der Waals surface area contributed by atoms with E-state index in [1.165, 1.54) is 0 Å². The Morgan fingerprint density at radius 1 is 1.14 bits per heavy atom. The van der Waals surface area contributed by atoms with Crippen LogP contribution in [-0.4, -0.2) is 7.11 Å². The minimum absolute atomic E-state index is 0.0774. The lowest BCUT2D eigenvalue weighted by molar-refractivity contribution is 0.415. The number of hydrogen-bond acceptors (Lipinski definition) is 2. The van der Waals surface area contributed by atoms with Gasteiger partial charge in [0.15, 0.2) is 0 Å². The van der Waals surface area contributed by atoms with Crippen LogP contribution in [-0.2, 0) is 0 Å². The molecule has 0 heterocycles. The molecule has 2 nitrogen and oxygen atoms in total. The molecule has 0 aliphatic heterocycles. The van der Waals surface area contributed by atoms with Crippen molar-refractivity contribution >= 4 is 44.8 Å². The van der Waals surface area contributed by atoms with Gasteiger partial charge in [-0.3, -0.25) is 0 Å². The predicted octanol–water partition coefficient (Wildman–Crippen LogP) is 6.25. The molecule has 0 radical (unpaired) electrons. The molecule has 0 aliphatic carbocycles. The molecular weight excluding hydrogens is 373 g/mol. The number of halogens is 3. The highest BCUT2D eigenvalue weighted by Crippen LogP contribution is 2.35. The highest BCUT2D eigenvalue weighted by Gasteiger charge is 2.13. The topological polar surface area (TPSA) is 21.3 Å². The first-order valence-corrected chi connectivity index (χ1v) is 8.03. The van der Waals surface area contributed by atoms with Gasteiger partial charge in [0, 0.05) is 10.5 Å². The molecule has 0 fully saturated rings. The first-order valence-electron chi connectivity index (χ1n) is 6.48. The van der Waals surface area contributed by atoms with Gasteiger partial charge in [0.25, 0.3) is 0 Å². The zero-order valence-electron chi connectivity index (χ0n) is 12.0. The van der Waals surface area contributed by atoms with Crippen LogP contribution in [0.5, 0.6) is 5.75 Å². The summed E-state index contributed by atoms with van der Waals surface area (Å²) in [5.41, 5.74) is 3.14. The maximum absolute atomic E-state index is 6.08. The fraction of sp³-hybridized carbons (Fsp3) is 0.250. The first kappa shape index (κ1) is 16.5. The van der Waals surface area contributed by atoms with E-state index < -0.39 is 0 Å². The van der Waals surface area contributed by atoms with Gasteiger partial charge in [-0.25, -0.2) is 0 Å². The minimum atomic E-state index is 0.0774. The lowest BCUT2D eigenvalue weighted by atomic mass is 10.1. The molecule has 21 heavy (non-hydrogen) atoms. The molecule has 0 bridgehead atoms. The molecule has 1 unspecified atom stereocenters. The molecule has 0 amide bonds. The summed E-state index contributed by atoms with van der Waals surface area (Å²) in [5.74, 6) is 0.800. The van der Waals surface area contributed by atoms with E-state index in [0.717, 1.165) is 27.0 Å². The molecule has 2 aromatic rings. The lowest BCUT2D eigenvalue weighted by Crippen LogP contribution is -2.09. The number of rotatable bonds is 4. The molecule has 2 aromatic carbocycles. The van der Waals surface area contributed by atoms with Crippen LogP contribution in [0.4, 0.5) is 5.69 Å². The van der Waals surface area contributed by atoms with Crippen LogP contribution < -0.4 is 10.1 Å². The quantitative estimate of drug-likeness (QED) is 0.668. The number of anilines is 1. The van der Waals surface area contributed by atoms with Crippen LogP contribution in [0.25, 0.3) is 0 Å². The maximum atomic E-state index is 6.08. The van der Waals surface area contributed by atoms with Crippen molar-refractivity contribution in [3.8, 4) is 5.75 Å². The molecule has 112 valence electrons. The highest BCUT2D eigenvalue weighted by molar-refractivity contribution is 9.10. The summed E-state index contributed by atoms with van der Waals surface area (Å²) in [5, 5.41) is 4.59. The SMILES string of the molecule is COc1cc(Br)cc(C)c1NC(C)c1ccc(Cl)c(Cl)c1. The number of ether oxygens (including phenoxy) is 1. The van der Waals surface area contributed by atoms with Gasteiger partial charge in [-0.1, -0.05) is 45.2 Å². The van der Waals surface area contributed by atoms with Gasteiger partial charge in [-0.2, -0.15) is 0 Å². The number of aryl methyl sites for hydroxylation is 1. The van der Waals surface area contributed by atoms with Crippen molar-refractivity contribution in [2.45, 2.75) is 19.9 Å². The molecule has 1 N–H and O–H groups in total. The van der Waals surface area contributed by atoms with E-state index in [4.69, 9.17) is 27.9 Å². The molecule has 0 aliphatic rings. The predicted molar refractivity (Wildman–Crippen MR) is 93.9 cm³/mol. The van der Waals surface area contributed by atoms with E-state index in [1.807, 2.05) is 37.3 Å². The monoisotopic (exact) mass is 387 g/mol. The van der Waals surface area contributed by atoms with Crippen LogP contribution in [0.2, 0.25) is 10.0 Å². The summed E-state index contributed by atoms with van der Waals surface area (Å²) in [6, 6.07) is 9.72. The van der Waals surface area contributed by atoms with E-state index in [-0.39, 0.29) is 6.04 Å². The Bertz CT molecular complexity index is 661. The van der Waals surface area contributed by atoms with Crippen molar-refractivity contribution in [3.05, 3.63) is 56.0 Å². The Hall–Kier alpha value is -0.900. The summed E-state index contributed by atoms with van der Waals surface area (Å²) in [6.07, 6.45) is 0. The third kappa shape index (κ3) is 3.85. The van der Waals surface area contributed by atoms with Gasteiger partial charge in [0.05, 0.1) is 22.8 Å². The average molecular weight is 389 g/mol. The minimum Gasteiger partial charge on any atom is -0.495 e. The second-order valence-corrected chi connectivity index (χ2v) is 6.57. The van der Waals surface area contributed by atoms with Crippen molar-refractivity contribution < 1.29 is 4.74 Å². The lowest BCUT2D eigenvalue weighted by Gasteiger charge is -2.20. The van der Waals surface area contributed by atoms with Crippen molar-refractivity contribution in [1.82, 2.24) is 0 Å². The highest BCUT2D eigenvalue weighted by atomic mass is 79.9. The molecule has 0 saturated heterocycles. The zero-order valence-corrected chi connectivity index (χ0v) is 15.1. The van der Waals surface area contributed by atoms with Gasteiger partial charge >= 0.3 is 0 Å². The van der Waals surface area contributed by atoms with Gasteiger partial charge < -0.3 is 10.1 Å². The van der Waals surface area contributed by atoms with Crippen LogP contribution in [0.1, 0.15) is 24.1 Å². The Balaban J connectivity index is 2.31. The molecule has 2 rings (SSSR count). The van der Waals surface area contributed by atoms with Crippen LogP contribution >= 0.6 is 39.1 Å². The fourth-order valence-corrected chi connectivity index (χ4v) is 3.00. The second kappa shape index (κ2) is 6.91. The summed E-state index contributed by atoms with van der Waals surface area (Å²) in [6.45, 7) is 4.11. The third-order valence-electron chi connectivity index (χ3n) is 3.29. The normalized spacial score (nSPS) is 12.1. The Labute approximate surface area is 143 Å². The van der Waals surface area contributed by atoms with E-state index in [9.17, 15) is 0 Å². The summed E-state index contributed by atoms with van der Waals surface area (Å²) < 4.78 is 6.44. The summed E-state index contributed by atoms with van der Waals surface area (Å²) in [7, 11) is 1.66. The first-order chi connectivity index (χ1) is 9.92. The molecule has 5 heteroatoms. The van der Waals surface area contributed by atoms with Crippen LogP contribution in [0, 0.1) is 6.92 Å².